The first kappa shape index (κ1) is 20.2. The van der Waals surface area contributed by atoms with Gasteiger partial charge >= 0.3 is 6.09 Å². The largest absolute Gasteiger partial charge is 0.447 e. The molecule has 2 aliphatic rings. The first-order valence-electron chi connectivity index (χ1n) is 10.4. The molecule has 1 saturated carbocycles. The third-order valence-corrected chi connectivity index (χ3v) is 5.33. The van der Waals surface area contributed by atoms with Crippen molar-refractivity contribution in [3.05, 3.63) is 30.2 Å². The predicted molar refractivity (Wildman–Crippen MR) is 107 cm³/mol. The van der Waals surface area contributed by atoms with Crippen LogP contribution in [0.25, 0.3) is 5.82 Å². The van der Waals surface area contributed by atoms with Gasteiger partial charge in [-0.05, 0) is 46.5 Å². The lowest BCUT2D eigenvalue weighted by Gasteiger charge is -2.38. The van der Waals surface area contributed by atoms with E-state index in [1.165, 1.54) is 17.1 Å². The van der Waals surface area contributed by atoms with Gasteiger partial charge < -0.3 is 14.5 Å². The van der Waals surface area contributed by atoms with Crippen LogP contribution in [0.5, 0.6) is 0 Å². The van der Waals surface area contributed by atoms with E-state index in [-0.39, 0.29) is 30.2 Å². The molecule has 0 aromatic carbocycles. The average Bonchev–Trinajstić information content (AvgIpc) is 3.47. The molecule has 1 aliphatic heterocycles. The van der Waals surface area contributed by atoms with Crippen molar-refractivity contribution in [3.63, 3.8) is 0 Å². The lowest BCUT2D eigenvalue weighted by molar-refractivity contribution is 0.0447. The van der Waals surface area contributed by atoms with Gasteiger partial charge in [0.2, 0.25) is 0 Å². The van der Waals surface area contributed by atoms with Crippen molar-refractivity contribution in [2.24, 2.45) is 0 Å². The summed E-state index contributed by atoms with van der Waals surface area (Å²) < 4.78 is 6.82. The van der Waals surface area contributed by atoms with Gasteiger partial charge in [0, 0.05) is 25.2 Å². The van der Waals surface area contributed by atoms with Crippen molar-refractivity contribution in [2.45, 2.75) is 64.6 Å². The second-order valence-corrected chi connectivity index (χ2v) is 8.09. The van der Waals surface area contributed by atoms with Gasteiger partial charge in [-0.25, -0.2) is 24.4 Å². The van der Waals surface area contributed by atoms with Crippen LogP contribution in [-0.2, 0) is 4.74 Å². The maximum Gasteiger partial charge on any atom is 0.410 e. The molecular formula is C20H27N7O3. The Morgan fingerprint density at radius 1 is 1.07 bits per heavy atom. The Hall–Kier alpha value is -3.04. The second kappa shape index (κ2) is 8.37. The smallest absolute Gasteiger partial charge is 0.410 e. The zero-order chi connectivity index (χ0) is 21.3. The Morgan fingerprint density at radius 2 is 1.77 bits per heavy atom. The molecule has 10 heteroatoms. The fraction of sp³-hybridized carbons (Fsp3) is 0.600. The van der Waals surface area contributed by atoms with Crippen LogP contribution in [0.2, 0.25) is 0 Å². The van der Waals surface area contributed by atoms with Gasteiger partial charge in [-0.3, -0.25) is 4.79 Å². The Bertz CT molecular complexity index is 899. The quantitative estimate of drug-likeness (QED) is 0.738. The minimum absolute atomic E-state index is 0.0903. The van der Waals surface area contributed by atoms with Gasteiger partial charge in [0.05, 0.1) is 18.5 Å². The summed E-state index contributed by atoms with van der Waals surface area (Å²) in [5, 5.41) is 4.21. The second-order valence-electron chi connectivity index (χ2n) is 8.09. The molecule has 0 N–H and O–H groups in total. The van der Waals surface area contributed by atoms with Crippen molar-refractivity contribution in [1.82, 2.24) is 34.5 Å². The number of carbonyl (C=O) groups excluding carboxylic acids is 2. The number of nitrogens with zero attached hydrogens (tertiary/aromatic N) is 7. The molecule has 2 aromatic heterocycles. The molecule has 4 rings (SSSR count). The molecule has 2 aromatic rings. The maximum absolute atomic E-state index is 13.2. The van der Waals surface area contributed by atoms with Crippen LogP contribution in [0.1, 0.15) is 55.8 Å². The molecule has 0 bridgehead atoms. The summed E-state index contributed by atoms with van der Waals surface area (Å²) in [4.78, 5) is 41.8. The number of aromatic nitrogens is 5. The fourth-order valence-corrected chi connectivity index (χ4v) is 3.72. The Balaban J connectivity index is 1.42. The summed E-state index contributed by atoms with van der Waals surface area (Å²) in [6.45, 7) is 6.65. The maximum atomic E-state index is 13.2. The number of likely N-dealkylation sites (tertiary alicyclic amines) is 1. The molecule has 0 radical (unpaired) electrons. The minimum Gasteiger partial charge on any atom is -0.447 e. The van der Waals surface area contributed by atoms with E-state index in [1.807, 2.05) is 18.7 Å². The normalized spacial score (nSPS) is 17.3. The number of rotatable bonds is 5. The molecule has 1 aliphatic carbocycles. The van der Waals surface area contributed by atoms with E-state index in [9.17, 15) is 9.59 Å². The van der Waals surface area contributed by atoms with Gasteiger partial charge in [0.1, 0.15) is 17.8 Å². The highest BCUT2D eigenvalue weighted by atomic mass is 16.6. The highest BCUT2D eigenvalue weighted by Gasteiger charge is 2.40. The van der Waals surface area contributed by atoms with E-state index in [2.05, 4.69) is 20.1 Å². The first-order chi connectivity index (χ1) is 14.4. The van der Waals surface area contributed by atoms with E-state index < -0.39 is 0 Å². The first-order valence-corrected chi connectivity index (χ1v) is 10.4. The van der Waals surface area contributed by atoms with Crippen LogP contribution in [0.4, 0.5) is 4.79 Å². The molecule has 0 unspecified atom stereocenters. The number of piperidine rings is 1. The number of amides is 2. The number of ether oxygens (including phenoxy) is 1. The monoisotopic (exact) mass is 413 g/mol. The van der Waals surface area contributed by atoms with E-state index in [4.69, 9.17) is 4.74 Å². The standard InChI is InChI=1S/C20H27N7O3/c1-13(2)30-20(29)25-8-6-16(7-9-25)27(15-4-5-15)19(28)17-10-22-18(11-21-17)26-12-23-14(3)24-26/h10-13,15-16H,4-9H2,1-3H3. The van der Waals surface area contributed by atoms with Gasteiger partial charge in [-0.15, -0.1) is 0 Å². The topological polar surface area (TPSA) is 106 Å². The molecule has 2 fully saturated rings. The molecule has 0 spiro atoms. The van der Waals surface area contributed by atoms with Gasteiger partial charge in [0.25, 0.3) is 5.91 Å². The Kier molecular flexibility index (Phi) is 5.65. The Morgan fingerprint density at radius 3 is 2.30 bits per heavy atom. The summed E-state index contributed by atoms with van der Waals surface area (Å²) >= 11 is 0. The number of hydrogen-bond acceptors (Lipinski definition) is 7. The molecule has 30 heavy (non-hydrogen) atoms. The van der Waals surface area contributed by atoms with Crippen molar-refractivity contribution in [2.75, 3.05) is 13.1 Å². The summed E-state index contributed by atoms with van der Waals surface area (Å²) in [7, 11) is 0. The van der Waals surface area contributed by atoms with E-state index in [1.54, 1.807) is 18.2 Å². The third kappa shape index (κ3) is 4.42. The Labute approximate surface area is 175 Å². The molecular weight excluding hydrogens is 386 g/mol. The molecule has 0 atom stereocenters. The summed E-state index contributed by atoms with van der Waals surface area (Å²) in [5.41, 5.74) is 0.323. The van der Waals surface area contributed by atoms with Crippen molar-refractivity contribution in [3.8, 4) is 5.82 Å². The molecule has 1 saturated heterocycles. The number of hydrogen-bond donors (Lipinski definition) is 0. The lowest BCUT2D eigenvalue weighted by atomic mass is 10.0. The van der Waals surface area contributed by atoms with Crippen molar-refractivity contribution >= 4 is 12.0 Å². The van der Waals surface area contributed by atoms with Crippen LogP contribution in [0.15, 0.2) is 18.7 Å². The van der Waals surface area contributed by atoms with Crippen LogP contribution in [0, 0.1) is 6.92 Å². The molecule has 2 amide bonds. The fourth-order valence-electron chi connectivity index (χ4n) is 3.72. The van der Waals surface area contributed by atoms with Crippen LogP contribution < -0.4 is 0 Å². The zero-order valence-electron chi connectivity index (χ0n) is 17.6. The summed E-state index contributed by atoms with van der Waals surface area (Å²) in [6, 6.07) is 0.337. The third-order valence-electron chi connectivity index (χ3n) is 5.33. The number of carbonyl (C=O) groups is 2. The van der Waals surface area contributed by atoms with E-state index in [0.717, 1.165) is 25.7 Å². The van der Waals surface area contributed by atoms with Gasteiger partial charge in [0.15, 0.2) is 5.82 Å². The lowest BCUT2D eigenvalue weighted by Crippen LogP contribution is -2.50. The van der Waals surface area contributed by atoms with Crippen LogP contribution in [-0.4, -0.2) is 77.8 Å². The van der Waals surface area contributed by atoms with Gasteiger partial charge in [-0.1, -0.05) is 0 Å². The zero-order valence-corrected chi connectivity index (χ0v) is 17.6. The van der Waals surface area contributed by atoms with E-state index >= 15 is 0 Å². The highest BCUT2D eigenvalue weighted by Crippen LogP contribution is 2.33. The van der Waals surface area contributed by atoms with Crippen LogP contribution >= 0.6 is 0 Å². The van der Waals surface area contributed by atoms with Crippen molar-refractivity contribution in [1.29, 1.82) is 0 Å². The minimum atomic E-state index is -0.280. The molecule has 3 heterocycles. The number of aryl methyl sites for hydroxylation is 1. The molecule has 160 valence electrons. The van der Waals surface area contributed by atoms with Crippen LogP contribution in [0.3, 0.4) is 0 Å². The molecule has 10 nitrogen and oxygen atoms in total. The predicted octanol–water partition coefficient (Wildman–Crippen LogP) is 1.98. The van der Waals surface area contributed by atoms with E-state index in [0.29, 0.717) is 30.4 Å². The summed E-state index contributed by atoms with van der Waals surface area (Å²) in [5.74, 6) is 1.05. The highest BCUT2D eigenvalue weighted by molar-refractivity contribution is 5.92. The van der Waals surface area contributed by atoms with Crippen molar-refractivity contribution < 1.29 is 14.3 Å². The average molecular weight is 413 g/mol. The summed E-state index contributed by atoms with van der Waals surface area (Å²) in [6.07, 6.45) is 7.67. The van der Waals surface area contributed by atoms with Gasteiger partial charge in [-0.2, -0.15) is 5.10 Å². The SMILES string of the molecule is Cc1ncn(-c2cnc(C(=O)N(C3CC3)C3CCN(C(=O)OC(C)C)CC3)cn2)n1.